The smallest absolute Gasteiger partial charge is 0.211 e. The summed E-state index contributed by atoms with van der Waals surface area (Å²) >= 11 is 12.9. The Labute approximate surface area is 141 Å². The molecule has 0 unspecified atom stereocenters. The van der Waals surface area contributed by atoms with Crippen molar-refractivity contribution >= 4 is 53.5 Å². The van der Waals surface area contributed by atoms with Gasteiger partial charge in [0.15, 0.2) is 0 Å². The lowest BCUT2D eigenvalue weighted by Crippen LogP contribution is -2.31. The molecule has 0 saturated heterocycles. The van der Waals surface area contributed by atoms with Crippen LogP contribution in [0.2, 0.25) is 5.02 Å². The molecule has 0 atom stereocenters. The summed E-state index contributed by atoms with van der Waals surface area (Å²) in [6.07, 6.45) is 4.30. The van der Waals surface area contributed by atoms with Crippen LogP contribution in [0.3, 0.4) is 0 Å². The van der Waals surface area contributed by atoms with Crippen LogP contribution in [0, 0.1) is 5.92 Å². The summed E-state index contributed by atoms with van der Waals surface area (Å²) in [5.74, 6) is 0.410. The van der Waals surface area contributed by atoms with E-state index in [4.69, 9.17) is 11.6 Å². The molecule has 20 heavy (non-hydrogen) atoms. The van der Waals surface area contributed by atoms with Crippen LogP contribution in [-0.4, -0.2) is 19.8 Å². The predicted molar refractivity (Wildman–Crippen MR) is 89.0 cm³/mol. The van der Waals surface area contributed by atoms with Crippen LogP contribution < -0.4 is 4.72 Å². The van der Waals surface area contributed by atoms with Crippen molar-refractivity contribution in [2.24, 2.45) is 5.92 Å². The molecule has 2 rings (SSSR count). The van der Waals surface area contributed by atoms with E-state index in [1.54, 1.807) is 12.1 Å². The lowest BCUT2D eigenvalue weighted by Gasteiger charge is -2.25. The van der Waals surface area contributed by atoms with Crippen molar-refractivity contribution in [2.45, 2.75) is 35.4 Å². The Balaban J connectivity index is 2.00. The van der Waals surface area contributed by atoms with Crippen molar-refractivity contribution in [2.75, 3.05) is 6.54 Å². The van der Waals surface area contributed by atoms with Gasteiger partial charge in [-0.2, -0.15) is 0 Å². The van der Waals surface area contributed by atoms with Crippen LogP contribution in [0.1, 0.15) is 25.7 Å². The second-order valence-corrected chi connectivity index (χ2v) is 9.40. The van der Waals surface area contributed by atoms with E-state index in [2.05, 4.69) is 36.6 Å². The van der Waals surface area contributed by atoms with Gasteiger partial charge in [-0.05, 0) is 49.8 Å². The zero-order valence-corrected chi connectivity index (χ0v) is 15.5. The van der Waals surface area contributed by atoms with Gasteiger partial charge in [0.05, 0.1) is 5.02 Å². The van der Waals surface area contributed by atoms with E-state index in [9.17, 15) is 8.42 Å². The van der Waals surface area contributed by atoms with Crippen LogP contribution >= 0.6 is 43.5 Å². The monoisotopic (exact) mass is 443 g/mol. The number of halogens is 3. The molecule has 0 amide bonds. The molecule has 0 heterocycles. The average Bonchev–Trinajstić information content (AvgIpc) is 2.37. The first-order valence-electron chi connectivity index (χ1n) is 6.47. The highest BCUT2D eigenvalue weighted by atomic mass is 79.9. The lowest BCUT2D eigenvalue weighted by atomic mass is 9.89. The second-order valence-electron chi connectivity index (χ2n) is 5.04. The molecule has 112 valence electrons. The van der Waals surface area contributed by atoms with Crippen molar-refractivity contribution < 1.29 is 8.42 Å². The Morgan fingerprint density at radius 3 is 2.50 bits per heavy atom. The number of hydrogen-bond acceptors (Lipinski definition) is 2. The quantitative estimate of drug-likeness (QED) is 0.701. The average molecular weight is 446 g/mol. The zero-order chi connectivity index (χ0) is 14.8. The Morgan fingerprint density at radius 1 is 1.25 bits per heavy atom. The number of benzene rings is 1. The van der Waals surface area contributed by atoms with Crippen LogP contribution in [0.15, 0.2) is 27.6 Å². The summed E-state index contributed by atoms with van der Waals surface area (Å²) in [5.41, 5.74) is 0. The maximum absolute atomic E-state index is 12.3. The van der Waals surface area contributed by atoms with Crippen LogP contribution in [0.5, 0.6) is 0 Å². The van der Waals surface area contributed by atoms with Gasteiger partial charge in [0.1, 0.15) is 4.90 Å². The zero-order valence-electron chi connectivity index (χ0n) is 10.8. The topological polar surface area (TPSA) is 46.2 Å². The molecule has 0 aromatic heterocycles. The Morgan fingerprint density at radius 2 is 1.90 bits per heavy atom. The highest BCUT2D eigenvalue weighted by Crippen LogP contribution is 2.29. The Bertz CT molecular complexity index is 572. The van der Waals surface area contributed by atoms with Crippen molar-refractivity contribution in [3.05, 3.63) is 27.7 Å². The highest BCUT2D eigenvalue weighted by molar-refractivity contribution is 9.10. The largest absolute Gasteiger partial charge is 0.242 e. The number of sulfonamides is 1. The fourth-order valence-corrected chi connectivity index (χ4v) is 5.00. The minimum atomic E-state index is -3.54. The Kier molecular flexibility index (Phi) is 5.94. The van der Waals surface area contributed by atoms with Crippen LogP contribution in [-0.2, 0) is 10.0 Å². The maximum atomic E-state index is 12.3. The van der Waals surface area contributed by atoms with E-state index in [0.29, 0.717) is 17.3 Å². The van der Waals surface area contributed by atoms with E-state index in [0.717, 1.165) is 30.2 Å². The van der Waals surface area contributed by atoms with Crippen molar-refractivity contribution in [1.82, 2.24) is 4.72 Å². The van der Waals surface area contributed by atoms with Crippen molar-refractivity contribution in [3.63, 3.8) is 0 Å². The molecule has 1 aromatic carbocycles. The number of nitrogens with one attached hydrogen (secondary N) is 1. The van der Waals surface area contributed by atoms with Gasteiger partial charge in [0.25, 0.3) is 0 Å². The third kappa shape index (κ3) is 4.44. The van der Waals surface area contributed by atoms with Crippen LogP contribution in [0.25, 0.3) is 0 Å². The fourth-order valence-electron chi connectivity index (χ4n) is 2.32. The molecule has 1 fully saturated rings. The summed E-state index contributed by atoms with van der Waals surface area (Å²) < 4.78 is 27.9. The molecule has 7 heteroatoms. The molecule has 0 radical (unpaired) electrons. The summed E-state index contributed by atoms with van der Waals surface area (Å²) in [7, 11) is -3.54. The maximum Gasteiger partial charge on any atom is 0.242 e. The normalized spacial score (nSPS) is 23.8. The molecule has 1 aliphatic rings. The molecule has 1 aliphatic carbocycles. The molecule has 1 saturated carbocycles. The van der Waals surface area contributed by atoms with E-state index in [1.165, 1.54) is 6.07 Å². The van der Waals surface area contributed by atoms with Crippen LogP contribution in [0.4, 0.5) is 0 Å². The molecule has 0 spiro atoms. The molecular formula is C13H16Br2ClNO2S. The van der Waals surface area contributed by atoms with E-state index < -0.39 is 10.0 Å². The second kappa shape index (κ2) is 7.09. The third-order valence-electron chi connectivity index (χ3n) is 3.52. The van der Waals surface area contributed by atoms with Gasteiger partial charge in [0, 0.05) is 15.8 Å². The summed E-state index contributed by atoms with van der Waals surface area (Å²) in [6.45, 7) is 0.481. The molecule has 1 N–H and O–H groups in total. The molecule has 0 bridgehead atoms. The first-order chi connectivity index (χ1) is 9.38. The van der Waals surface area contributed by atoms with Gasteiger partial charge in [-0.1, -0.05) is 43.5 Å². The van der Waals surface area contributed by atoms with Gasteiger partial charge in [-0.15, -0.1) is 0 Å². The Hall–Kier alpha value is 0.380. The number of hydrogen-bond donors (Lipinski definition) is 1. The minimum Gasteiger partial charge on any atom is -0.211 e. The van der Waals surface area contributed by atoms with E-state index in [-0.39, 0.29) is 9.92 Å². The van der Waals surface area contributed by atoms with E-state index >= 15 is 0 Å². The summed E-state index contributed by atoms with van der Waals surface area (Å²) in [6, 6.07) is 4.78. The van der Waals surface area contributed by atoms with Gasteiger partial charge in [-0.3, -0.25) is 0 Å². The van der Waals surface area contributed by atoms with E-state index in [1.807, 2.05) is 0 Å². The number of rotatable bonds is 4. The SMILES string of the molecule is O=S(=O)(NCC1CCC(Br)CC1)c1ccc(Br)cc1Cl. The van der Waals surface area contributed by atoms with Gasteiger partial charge in [0.2, 0.25) is 10.0 Å². The predicted octanol–water partition coefficient (Wildman–Crippen LogP) is 4.33. The first-order valence-corrected chi connectivity index (χ1v) is 10.0. The van der Waals surface area contributed by atoms with Gasteiger partial charge in [-0.25, -0.2) is 13.1 Å². The van der Waals surface area contributed by atoms with Gasteiger partial charge >= 0.3 is 0 Å². The number of alkyl halides is 1. The molecule has 1 aromatic rings. The third-order valence-corrected chi connectivity index (χ3v) is 6.84. The van der Waals surface area contributed by atoms with Crippen molar-refractivity contribution in [1.29, 1.82) is 0 Å². The minimum absolute atomic E-state index is 0.136. The first kappa shape index (κ1) is 16.7. The highest BCUT2D eigenvalue weighted by Gasteiger charge is 2.23. The summed E-state index contributed by atoms with van der Waals surface area (Å²) in [5, 5.41) is 0.232. The fraction of sp³-hybridized carbons (Fsp3) is 0.538. The standard InChI is InChI=1S/C13H16Br2ClNO2S/c14-10-3-1-9(2-4-10)8-17-20(18,19)13-6-5-11(15)7-12(13)16/h5-7,9-10,17H,1-4,8H2. The lowest BCUT2D eigenvalue weighted by molar-refractivity contribution is 0.366. The molecule has 0 aliphatic heterocycles. The summed E-state index contributed by atoms with van der Waals surface area (Å²) in [4.78, 5) is 0.716. The molecule has 3 nitrogen and oxygen atoms in total. The van der Waals surface area contributed by atoms with Crippen molar-refractivity contribution in [3.8, 4) is 0 Å². The molecular weight excluding hydrogens is 429 g/mol. The van der Waals surface area contributed by atoms with Gasteiger partial charge < -0.3 is 0 Å².